The Bertz CT molecular complexity index is 1230. The van der Waals surface area contributed by atoms with Gasteiger partial charge in [-0.3, -0.25) is 9.20 Å². The minimum absolute atomic E-state index is 0.00846. The summed E-state index contributed by atoms with van der Waals surface area (Å²) in [5.74, 6) is -0.466. The summed E-state index contributed by atoms with van der Waals surface area (Å²) >= 11 is 1.48. The Morgan fingerprint density at radius 3 is 2.69 bits per heavy atom. The third-order valence-corrected chi connectivity index (χ3v) is 8.56. The third kappa shape index (κ3) is 4.66. The van der Waals surface area contributed by atoms with Crippen molar-refractivity contribution in [1.29, 1.82) is 0 Å². The lowest BCUT2D eigenvalue weighted by atomic mass is 10.3. The molecule has 3 heterocycles. The maximum atomic E-state index is 12.4. The number of sulfonamides is 1. The molecule has 1 atom stereocenters. The molecule has 3 aromatic rings. The largest absolute Gasteiger partial charge is 0.326 e. The number of benzene rings is 1. The number of carbonyl (C=O) groups excluding carboxylic acids is 1. The number of aromatic nitrogens is 2. The van der Waals surface area contributed by atoms with E-state index < -0.39 is 25.9 Å². The van der Waals surface area contributed by atoms with Gasteiger partial charge < -0.3 is 5.32 Å². The Balaban J connectivity index is 1.38. The van der Waals surface area contributed by atoms with Crippen LogP contribution in [0.2, 0.25) is 0 Å². The second-order valence-electron chi connectivity index (χ2n) is 6.80. The van der Waals surface area contributed by atoms with Crippen LogP contribution < -0.4 is 10.0 Å². The van der Waals surface area contributed by atoms with Crippen LogP contribution in [0.4, 0.5) is 5.69 Å². The summed E-state index contributed by atoms with van der Waals surface area (Å²) in [6.45, 7) is 0. The van der Waals surface area contributed by atoms with Gasteiger partial charge >= 0.3 is 0 Å². The second kappa shape index (κ2) is 7.52. The Morgan fingerprint density at radius 1 is 1.28 bits per heavy atom. The van der Waals surface area contributed by atoms with Crippen LogP contribution >= 0.6 is 11.3 Å². The lowest BCUT2D eigenvalue weighted by Crippen LogP contribution is -2.35. The molecule has 0 saturated carbocycles. The predicted molar refractivity (Wildman–Crippen MR) is 109 cm³/mol. The maximum absolute atomic E-state index is 12.4. The van der Waals surface area contributed by atoms with Gasteiger partial charge in [-0.05, 0) is 30.7 Å². The molecule has 29 heavy (non-hydrogen) atoms. The van der Waals surface area contributed by atoms with E-state index in [1.54, 1.807) is 6.20 Å². The first-order chi connectivity index (χ1) is 13.7. The van der Waals surface area contributed by atoms with Gasteiger partial charge in [0.25, 0.3) is 0 Å². The second-order valence-corrected chi connectivity index (χ2v) is 11.6. The highest BCUT2D eigenvalue weighted by Gasteiger charge is 2.31. The first-order valence-electron chi connectivity index (χ1n) is 8.74. The zero-order chi connectivity index (χ0) is 20.6. The van der Waals surface area contributed by atoms with E-state index in [0.717, 1.165) is 4.96 Å². The third-order valence-electron chi connectivity index (χ3n) is 4.49. The summed E-state index contributed by atoms with van der Waals surface area (Å²) in [6, 6.07) is 5.10. The molecule has 4 rings (SSSR count). The highest BCUT2D eigenvalue weighted by molar-refractivity contribution is 7.92. The number of amides is 1. The molecule has 1 aliphatic heterocycles. The number of imidazole rings is 1. The predicted octanol–water partition coefficient (Wildman–Crippen LogP) is 1.04. The molecule has 2 N–H and O–H groups in total. The highest BCUT2D eigenvalue weighted by Crippen LogP contribution is 2.18. The number of anilines is 1. The van der Waals surface area contributed by atoms with Gasteiger partial charge in [0.2, 0.25) is 15.9 Å². The number of thiazole rings is 1. The zero-order valence-corrected chi connectivity index (χ0v) is 17.6. The Labute approximate surface area is 171 Å². The van der Waals surface area contributed by atoms with Crippen molar-refractivity contribution in [3.05, 3.63) is 47.7 Å². The fourth-order valence-electron chi connectivity index (χ4n) is 3.12. The van der Waals surface area contributed by atoms with Crippen molar-refractivity contribution in [2.45, 2.75) is 23.8 Å². The van der Waals surface area contributed by atoms with Crippen LogP contribution in [0.1, 0.15) is 12.1 Å². The Morgan fingerprint density at radius 2 is 2.03 bits per heavy atom. The Hall–Kier alpha value is -2.28. The quantitative estimate of drug-likeness (QED) is 0.573. The van der Waals surface area contributed by atoms with Gasteiger partial charge in [0.15, 0.2) is 14.8 Å². The number of hydrogen-bond donors (Lipinski definition) is 2. The molecule has 1 saturated heterocycles. The number of nitrogens with zero attached hydrogens (tertiary/aromatic N) is 2. The number of nitrogens with one attached hydrogen (secondary N) is 2. The molecule has 0 aliphatic carbocycles. The number of carbonyl (C=O) groups is 1. The summed E-state index contributed by atoms with van der Waals surface area (Å²) in [4.78, 5) is 17.4. The topological polar surface area (TPSA) is 127 Å². The summed E-state index contributed by atoms with van der Waals surface area (Å²) in [7, 11) is -7.02. The van der Waals surface area contributed by atoms with E-state index >= 15 is 0 Å². The molecule has 1 aliphatic rings. The van der Waals surface area contributed by atoms with Gasteiger partial charge in [0.05, 0.1) is 28.5 Å². The number of fused-ring (bicyclic) bond motifs is 1. The van der Waals surface area contributed by atoms with Gasteiger partial charge in [-0.1, -0.05) is 0 Å². The van der Waals surface area contributed by atoms with E-state index in [1.807, 2.05) is 16.0 Å². The van der Waals surface area contributed by atoms with Crippen molar-refractivity contribution in [3.8, 4) is 0 Å². The molecular weight excluding hydrogens is 436 g/mol. The van der Waals surface area contributed by atoms with Crippen LogP contribution in [0.15, 0.2) is 46.9 Å². The van der Waals surface area contributed by atoms with Crippen molar-refractivity contribution in [2.75, 3.05) is 16.8 Å². The van der Waals surface area contributed by atoms with Crippen LogP contribution in [0, 0.1) is 0 Å². The summed E-state index contributed by atoms with van der Waals surface area (Å²) in [6.07, 6.45) is 4.02. The summed E-state index contributed by atoms with van der Waals surface area (Å²) < 4.78 is 52.1. The Kier molecular flexibility index (Phi) is 5.19. The van der Waals surface area contributed by atoms with Crippen LogP contribution in [0.3, 0.4) is 0 Å². The smallest absolute Gasteiger partial charge is 0.240 e. The standard InChI is InChI=1S/C17H18N4O5S3/c22-16(9-14-10-21-6-7-27-17(21)19-14)18-12-1-3-15(4-2-12)29(25,26)20-13-5-8-28(23,24)11-13/h1-4,6-7,10,13,20H,5,8-9,11H2,(H,18,22)/t13-/m0/s1. The van der Waals surface area contributed by atoms with Crippen molar-refractivity contribution < 1.29 is 21.6 Å². The van der Waals surface area contributed by atoms with E-state index in [1.165, 1.54) is 35.6 Å². The monoisotopic (exact) mass is 454 g/mol. The van der Waals surface area contributed by atoms with Gasteiger partial charge in [0, 0.05) is 29.5 Å². The fraction of sp³-hybridized carbons (Fsp3) is 0.294. The number of rotatable bonds is 6. The molecule has 0 unspecified atom stereocenters. The van der Waals surface area contributed by atoms with E-state index in [0.29, 0.717) is 11.4 Å². The van der Waals surface area contributed by atoms with Gasteiger partial charge in [-0.15, -0.1) is 11.3 Å². The van der Waals surface area contributed by atoms with Crippen molar-refractivity contribution in [3.63, 3.8) is 0 Å². The number of hydrogen-bond acceptors (Lipinski definition) is 7. The average Bonchev–Trinajstić information content (AvgIpc) is 3.29. The van der Waals surface area contributed by atoms with Crippen molar-refractivity contribution in [2.24, 2.45) is 0 Å². The molecule has 1 fully saturated rings. The van der Waals surface area contributed by atoms with Gasteiger partial charge in [-0.2, -0.15) is 0 Å². The SMILES string of the molecule is O=C(Cc1cn2ccsc2n1)Nc1ccc(S(=O)(=O)N[C@H]2CCS(=O)(=O)C2)cc1. The maximum Gasteiger partial charge on any atom is 0.240 e. The van der Waals surface area contributed by atoms with Crippen molar-refractivity contribution in [1.82, 2.24) is 14.1 Å². The average molecular weight is 455 g/mol. The van der Waals surface area contributed by atoms with Gasteiger partial charge in [-0.25, -0.2) is 26.5 Å². The fourth-order valence-corrected chi connectivity index (χ4v) is 6.89. The van der Waals surface area contributed by atoms with E-state index in [-0.39, 0.29) is 35.2 Å². The molecule has 2 aromatic heterocycles. The highest BCUT2D eigenvalue weighted by atomic mass is 32.2. The first kappa shape index (κ1) is 20.0. The summed E-state index contributed by atoms with van der Waals surface area (Å²) in [5, 5.41) is 4.62. The molecule has 0 spiro atoms. The molecule has 1 aromatic carbocycles. The molecule has 0 bridgehead atoms. The van der Waals surface area contributed by atoms with Crippen LogP contribution in [0.25, 0.3) is 4.96 Å². The van der Waals surface area contributed by atoms with Crippen LogP contribution in [-0.4, -0.2) is 49.7 Å². The molecule has 9 nitrogen and oxygen atoms in total. The molecule has 154 valence electrons. The van der Waals surface area contributed by atoms with E-state index in [9.17, 15) is 21.6 Å². The first-order valence-corrected chi connectivity index (χ1v) is 12.9. The number of sulfone groups is 1. The lowest BCUT2D eigenvalue weighted by molar-refractivity contribution is -0.115. The molecular formula is C17H18N4O5S3. The summed E-state index contributed by atoms with van der Waals surface area (Å²) in [5.41, 5.74) is 1.10. The lowest BCUT2D eigenvalue weighted by Gasteiger charge is -2.12. The minimum atomic E-state index is -3.83. The van der Waals surface area contributed by atoms with E-state index in [2.05, 4.69) is 15.0 Å². The van der Waals surface area contributed by atoms with Gasteiger partial charge in [0.1, 0.15) is 0 Å². The van der Waals surface area contributed by atoms with Crippen LogP contribution in [-0.2, 0) is 31.1 Å². The molecule has 0 radical (unpaired) electrons. The minimum Gasteiger partial charge on any atom is -0.326 e. The van der Waals surface area contributed by atoms with E-state index in [4.69, 9.17) is 0 Å². The molecule has 12 heteroatoms. The molecule has 1 amide bonds. The zero-order valence-electron chi connectivity index (χ0n) is 15.1. The normalized spacial score (nSPS) is 18.8. The van der Waals surface area contributed by atoms with Crippen LogP contribution in [0.5, 0.6) is 0 Å². The van der Waals surface area contributed by atoms with Crippen molar-refractivity contribution >= 4 is 47.8 Å².